The number of carbonyl (C=O) groups excluding carboxylic acids is 4. The molecule has 5 fully saturated rings. The highest BCUT2D eigenvalue weighted by Crippen LogP contribution is 2.55. The number of nitrogens with zero attached hydrogens (tertiary/aromatic N) is 2. The quantitative estimate of drug-likeness (QED) is 0.105. The van der Waals surface area contributed by atoms with Gasteiger partial charge < -0.3 is 48.3 Å². The highest BCUT2D eigenvalue weighted by molar-refractivity contribution is 6.42. The van der Waals surface area contributed by atoms with Crippen LogP contribution in [-0.2, 0) is 52.3 Å². The van der Waals surface area contributed by atoms with Crippen molar-refractivity contribution >= 4 is 52.9 Å². The minimum Gasteiger partial charge on any atom is -0.469 e. The molecule has 432 valence electrons. The van der Waals surface area contributed by atoms with Crippen LogP contribution in [0, 0.1) is 47.3 Å². The van der Waals surface area contributed by atoms with Gasteiger partial charge in [-0.1, -0.05) is 96.8 Å². The van der Waals surface area contributed by atoms with Crippen LogP contribution in [-0.4, -0.2) is 149 Å². The van der Waals surface area contributed by atoms with Crippen LogP contribution in [0.2, 0.25) is 10.0 Å². The van der Waals surface area contributed by atoms with Crippen molar-refractivity contribution in [2.75, 3.05) is 39.8 Å². The third-order valence-electron chi connectivity index (χ3n) is 18.8. The van der Waals surface area contributed by atoms with E-state index in [0.717, 1.165) is 12.0 Å². The molecule has 2 N–H and O–H groups in total. The second-order valence-corrected chi connectivity index (χ2v) is 24.8. The summed E-state index contributed by atoms with van der Waals surface area (Å²) in [6.07, 6.45) is 9.30. The van der Waals surface area contributed by atoms with Gasteiger partial charge in [-0.05, 0) is 113 Å². The summed E-state index contributed by atoms with van der Waals surface area (Å²) in [5.41, 5.74) is -0.925. The Labute approximate surface area is 468 Å². The van der Waals surface area contributed by atoms with Gasteiger partial charge in [-0.25, -0.2) is 0 Å². The molecule has 6 aliphatic rings. The average Bonchev–Trinajstić information content (AvgIpc) is 3.78. The van der Waals surface area contributed by atoms with Crippen LogP contribution >= 0.6 is 23.2 Å². The first-order chi connectivity index (χ1) is 36.4. The minimum atomic E-state index is -1.40. The molecule has 0 aliphatic carbocycles. The van der Waals surface area contributed by atoms with E-state index in [1.54, 1.807) is 19.1 Å². The molecule has 77 heavy (non-hydrogen) atoms. The van der Waals surface area contributed by atoms with E-state index < -0.39 is 82.9 Å². The summed E-state index contributed by atoms with van der Waals surface area (Å²) in [5, 5.41) is 24.3. The molecule has 15 nitrogen and oxygen atoms in total. The Hall–Kier alpha value is -2.96. The Morgan fingerprint density at radius 3 is 2.21 bits per heavy atom. The van der Waals surface area contributed by atoms with Gasteiger partial charge in [0.05, 0.1) is 76.8 Å². The first-order valence-electron chi connectivity index (χ1n) is 28.8. The van der Waals surface area contributed by atoms with Crippen molar-refractivity contribution in [1.29, 1.82) is 0 Å². The normalized spacial score (nSPS) is 37.3. The van der Waals surface area contributed by atoms with Gasteiger partial charge in [0, 0.05) is 69.7 Å². The van der Waals surface area contributed by atoms with Crippen LogP contribution < -0.4 is 0 Å². The Morgan fingerprint density at radius 1 is 0.883 bits per heavy atom. The number of aliphatic hydroxyl groups excluding tert-OH is 1. The Kier molecular flexibility index (Phi) is 20.4. The van der Waals surface area contributed by atoms with E-state index in [1.165, 1.54) is 14.0 Å². The third-order valence-corrected chi connectivity index (χ3v) is 19.6. The van der Waals surface area contributed by atoms with Gasteiger partial charge in [0.15, 0.2) is 11.9 Å². The zero-order valence-electron chi connectivity index (χ0n) is 47.8. The number of rotatable bonds is 18. The molecule has 0 aromatic heterocycles. The fourth-order valence-corrected chi connectivity index (χ4v) is 14.0. The van der Waals surface area contributed by atoms with E-state index in [-0.39, 0.29) is 53.5 Å². The molecule has 6 aliphatic heterocycles. The number of ether oxygens (including phenoxy) is 7. The lowest BCUT2D eigenvalue weighted by molar-refractivity contribution is -0.409. The number of ketones is 1. The molecule has 2 spiro atoms. The summed E-state index contributed by atoms with van der Waals surface area (Å²) in [7, 11) is 1.38. The van der Waals surface area contributed by atoms with Crippen LogP contribution in [0.4, 0.5) is 0 Å². The number of aliphatic hydroxyl groups is 2. The molecule has 1 amide bonds. The maximum Gasteiger partial charge on any atom is 0.313 e. The van der Waals surface area contributed by atoms with Gasteiger partial charge in [0.2, 0.25) is 11.7 Å². The number of piperazine rings is 1. The molecule has 6 heterocycles. The molecule has 1 aromatic rings. The fourth-order valence-electron chi connectivity index (χ4n) is 13.7. The standard InChI is InChI=1S/C60H90Cl2N2O13/c1-13-44(55(68)64-30-28-63(29-31-64)34-43(56(69)71-12)19-17-42-18-20-46(61)47(62)33-42)48-21-16-35(4)53(74-48)39(8)51(66)38(7)52(67)45(14-2)54-36(5)32-37(6)59(75-54)25-23-50(73-41(10)65)60(77-59)27-26-57(11,76-60)49-22-24-58(70,15-3)40(9)72-49/h17-20,23,25,33,35-40,43-45,48-51,53-54,66,70H,13-16,21-22,24,26-32,34H2,1-12H3/b19-17-/t35-,36?,37?,38-,39?,40?,43?,44?,45-,48+,49+,50+,51?,53+,54-,57-,58+,59-,60-/m0/s1. The van der Waals surface area contributed by atoms with E-state index in [9.17, 15) is 29.4 Å². The monoisotopic (exact) mass is 1120 g/mol. The molecule has 0 saturated carbocycles. The number of carbonyl (C=O) groups is 4. The summed E-state index contributed by atoms with van der Waals surface area (Å²) in [4.78, 5) is 58.8. The SMILES string of the molecule is CCC(C(=O)N1CCN(CC(/C=C\c2ccc(Cl)c(Cl)c2)C(=O)OC)CC1)[C@H]1CC[C@H](C)[C@H](C(C)C(O)[C@H](C)C(=O)[C@H](CC)[C@H]2O[C@]3(C=C[C@@H](OC(C)=O)[C@]4(CC[C@@](C)([C@H]5CC[C@](O)(CC)C(C)O5)O4)O3)C(C)CC2C)O1. The van der Waals surface area contributed by atoms with Crippen molar-refractivity contribution in [2.24, 2.45) is 47.3 Å². The van der Waals surface area contributed by atoms with Gasteiger partial charge in [0.1, 0.15) is 5.78 Å². The van der Waals surface area contributed by atoms with Crippen molar-refractivity contribution < 1.29 is 62.5 Å². The van der Waals surface area contributed by atoms with Crippen LogP contribution in [0.5, 0.6) is 0 Å². The molecule has 17 heteroatoms. The summed E-state index contributed by atoms with van der Waals surface area (Å²) < 4.78 is 45.8. The Bertz CT molecular complexity index is 2290. The van der Waals surface area contributed by atoms with Crippen LogP contribution in [0.15, 0.2) is 36.4 Å². The number of esters is 2. The number of hydrogen-bond donors (Lipinski definition) is 2. The van der Waals surface area contributed by atoms with Crippen LogP contribution in [0.25, 0.3) is 6.08 Å². The number of benzene rings is 1. The van der Waals surface area contributed by atoms with Crippen molar-refractivity contribution in [1.82, 2.24) is 9.80 Å². The predicted octanol–water partition coefficient (Wildman–Crippen LogP) is 9.63. The molecule has 1 aromatic carbocycles. The molecule has 19 atom stereocenters. The molecule has 7 unspecified atom stereocenters. The van der Waals surface area contributed by atoms with Crippen molar-refractivity contribution in [3.8, 4) is 0 Å². The van der Waals surface area contributed by atoms with E-state index in [1.807, 2.05) is 76.8 Å². The van der Waals surface area contributed by atoms with Gasteiger partial charge >= 0.3 is 11.9 Å². The zero-order valence-corrected chi connectivity index (χ0v) is 49.4. The van der Waals surface area contributed by atoms with Crippen molar-refractivity contribution in [2.45, 2.75) is 206 Å². The lowest BCUT2D eigenvalue weighted by atomic mass is 9.72. The lowest BCUT2D eigenvalue weighted by Gasteiger charge is -2.54. The lowest BCUT2D eigenvalue weighted by Crippen LogP contribution is -2.63. The number of hydrogen-bond acceptors (Lipinski definition) is 14. The van der Waals surface area contributed by atoms with Gasteiger partial charge in [-0.15, -0.1) is 0 Å². The topological polar surface area (TPSA) is 180 Å². The minimum absolute atomic E-state index is 0.0382. The largest absolute Gasteiger partial charge is 0.469 e. The van der Waals surface area contributed by atoms with E-state index in [4.69, 9.17) is 56.4 Å². The van der Waals surface area contributed by atoms with E-state index in [2.05, 4.69) is 25.7 Å². The van der Waals surface area contributed by atoms with Gasteiger partial charge in [-0.2, -0.15) is 0 Å². The predicted molar refractivity (Wildman–Crippen MR) is 295 cm³/mol. The summed E-state index contributed by atoms with van der Waals surface area (Å²) >= 11 is 12.3. The summed E-state index contributed by atoms with van der Waals surface area (Å²) in [6, 6.07) is 5.29. The highest BCUT2D eigenvalue weighted by Gasteiger charge is 2.64. The number of Topliss-reactive ketones (excluding diaryl/α,β-unsaturated/α-hetero) is 1. The van der Waals surface area contributed by atoms with Gasteiger partial charge in [0.25, 0.3) is 0 Å². The molecule has 0 bridgehead atoms. The first-order valence-corrected chi connectivity index (χ1v) is 29.5. The maximum atomic E-state index is 14.9. The Morgan fingerprint density at radius 2 is 1.58 bits per heavy atom. The smallest absolute Gasteiger partial charge is 0.313 e. The second kappa shape index (κ2) is 25.5. The molecular formula is C60H90Cl2N2O13. The molecule has 5 saturated heterocycles. The highest BCUT2D eigenvalue weighted by atomic mass is 35.5. The molecule has 7 rings (SSSR count). The van der Waals surface area contributed by atoms with Gasteiger partial charge in [-0.3, -0.25) is 24.1 Å². The number of halogens is 2. The Balaban J connectivity index is 0.986. The maximum absolute atomic E-state index is 14.9. The second-order valence-electron chi connectivity index (χ2n) is 24.0. The number of methoxy groups -OCH3 is 1. The average molecular weight is 1120 g/mol. The summed E-state index contributed by atoms with van der Waals surface area (Å²) in [6.45, 7) is 23.9. The van der Waals surface area contributed by atoms with Crippen molar-refractivity contribution in [3.05, 3.63) is 52.0 Å². The summed E-state index contributed by atoms with van der Waals surface area (Å²) in [5.74, 6) is -6.37. The van der Waals surface area contributed by atoms with E-state index in [0.29, 0.717) is 101 Å². The first kappa shape index (κ1) is 61.7. The zero-order chi connectivity index (χ0) is 56.4. The fraction of sp³-hybridized carbons (Fsp3) is 0.767. The van der Waals surface area contributed by atoms with E-state index >= 15 is 0 Å². The number of amides is 1. The van der Waals surface area contributed by atoms with Crippen LogP contribution in [0.3, 0.4) is 0 Å². The van der Waals surface area contributed by atoms with Crippen molar-refractivity contribution in [3.63, 3.8) is 0 Å². The molecular weight excluding hydrogens is 1030 g/mol. The third kappa shape index (κ3) is 13.2. The molecule has 0 radical (unpaired) electrons. The van der Waals surface area contributed by atoms with Crippen LogP contribution in [0.1, 0.15) is 146 Å².